The van der Waals surface area contributed by atoms with Crippen molar-refractivity contribution in [2.24, 2.45) is 11.7 Å². The fraction of sp³-hybridized carbons (Fsp3) is 0.600. The number of aromatic nitrogens is 2. The van der Waals surface area contributed by atoms with Crippen LogP contribution < -0.4 is 11.1 Å². The highest BCUT2D eigenvalue weighted by Gasteiger charge is 2.30. The van der Waals surface area contributed by atoms with Gasteiger partial charge in [0.2, 0.25) is 5.91 Å². The summed E-state index contributed by atoms with van der Waals surface area (Å²) in [7, 11) is 0. The van der Waals surface area contributed by atoms with Gasteiger partial charge >= 0.3 is 0 Å². The molecule has 4 N–H and O–H groups in total. The molecule has 0 spiro atoms. The average molecular weight is 208 g/mol. The van der Waals surface area contributed by atoms with Crippen molar-refractivity contribution in [1.29, 1.82) is 0 Å². The van der Waals surface area contributed by atoms with E-state index in [4.69, 9.17) is 5.73 Å². The molecule has 1 fully saturated rings. The third kappa shape index (κ3) is 2.36. The molecule has 1 aliphatic carbocycles. The van der Waals surface area contributed by atoms with Crippen LogP contribution in [-0.4, -0.2) is 22.1 Å². The Morgan fingerprint density at radius 1 is 1.67 bits per heavy atom. The van der Waals surface area contributed by atoms with Crippen LogP contribution >= 0.6 is 0 Å². The van der Waals surface area contributed by atoms with Crippen LogP contribution in [0.2, 0.25) is 0 Å². The Bertz CT molecular complexity index is 322. The van der Waals surface area contributed by atoms with Gasteiger partial charge in [-0.05, 0) is 18.9 Å². The lowest BCUT2D eigenvalue weighted by Crippen LogP contribution is -2.38. The summed E-state index contributed by atoms with van der Waals surface area (Å²) in [6.07, 6.45) is 4.74. The largest absolute Gasteiger partial charge is 0.369 e. The minimum absolute atomic E-state index is 0.00655. The first kappa shape index (κ1) is 10.2. The molecule has 0 radical (unpaired) electrons. The zero-order valence-corrected chi connectivity index (χ0v) is 8.57. The third-order valence-electron chi connectivity index (χ3n) is 2.99. The Hall–Kier alpha value is -1.36. The molecule has 82 valence electrons. The Morgan fingerprint density at radius 2 is 2.53 bits per heavy atom. The van der Waals surface area contributed by atoms with Gasteiger partial charge in [0.25, 0.3) is 0 Å². The van der Waals surface area contributed by atoms with Gasteiger partial charge in [0.1, 0.15) is 0 Å². The SMILES string of the molecule is NC(=O)C1CCCC1NCc1ccn[nH]1. The number of carbonyl (C=O) groups excluding carboxylic acids is 1. The van der Waals surface area contributed by atoms with Gasteiger partial charge in [-0.25, -0.2) is 0 Å². The van der Waals surface area contributed by atoms with Crippen molar-refractivity contribution in [3.05, 3.63) is 18.0 Å². The maximum Gasteiger partial charge on any atom is 0.222 e. The molecular weight excluding hydrogens is 192 g/mol. The van der Waals surface area contributed by atoms with E-state index in [1.54, 1.807) is 6.20 Å². The molecule has 2 unspecified atom stereocenters. The quantitative estimate of drug-likeness (QED) is 0.658. The topological polar surface area (TPSA) is 83.8 Å². The minimum atomic E-state index is -0.186. The van der Waals surface area contributed by atoms with Crippen LogP contribution in [0.3, 0.4) is 0 Å². The number of nitrogens with two attached hydrogens (primary N) is 1. The fourth-order valence-corrected chi connectivity index (χ4v) is 2.17. The van der Waals surface area contributed by atoms with E-state index >= 15 is 0 Å². The van der Waals surface area contributed by atoms with Gasteiger partial charge in [0.15, 0.2) is 0 Å². The number of rotatable bonds is 4. The summed E-state index contributed by atoms with van der Waals surface area (Å²) in [4.78, 5) is 11.1. The van der Waals surface area contributed by atoms with E-state index in [1.165, 1.54) is 0 Å². The second kappa shape index (κ2) is 4.44. The lowest BCUT2D eigenvalue weighted by molar-refractivity contribution is -0.122. The van der Waals surface area contributed by atoms with E-state index in [2.05, 4.69) is 15.5 Å². The number of H-pyrrole nitrogens is 1. The lowest BCUT2D eigenvalue weighted by atomic mass is 10.0. The van der Waals surface area contributed by atoms with Gasteiger partial charge in [-0.15, -0.1) is 0 Å². The van der Waals surface area contributed by atoms with Gasteiger partial charge in [-0.3, -0.25) is 9.89 Å². The van der Waals surface area contributed by atoms with E-state index in [1.807, 2.05) is 6.07 Å². The van der Waals surface area contributed by atoms with E-state index in [0.717, 1.165) is 25.0 Å². The Kier molecular flexibility index (Phi) is 3.01. The highest BCUT2D eigenvalue weighted by Crippen LogP contribution is 2.25. The average Bonchev–Trinajstić information content (AvgIpc) is 2.86. The fourth-order valence-electron chi connectivity index (χ4n) is 2.17. The number of nitrogens with zero attached hydrogens (tertiary/aromatic N) is 1. The molecule has 2 atom stereocenters. The van der Waals surface area contributed by atoms with Crippen molar-refractivity contribution < 1.29 is 4.79 Å². The first-order chi connectivity index (χ1) is 7.27. The molecule has 1 amide bonds. The van der Waals surface area contributed by atoms with Crippen LogP contribution in [0, 0.1) is 5.92 Å². The molecule has 2 rings (SSSR count). The Morgan fingerprint density at radius 3 is 3.20 bits per heavy atom. The van der Waals surface area contributed by atoms with Crippen molar-refractivity contribution in [1.82, 2.24) is 15.5 Å². The Balaban J connectivity index is 1.86. The van der Waals surface area contributed by atoms with Crippen LogP contribution in [0.15, 0.2) is 12.3 Å². The normalized spacial score (nSPS) is 25.6. The predicted octanol–water partition coefficient (Wildman–Crippen LogP) is 0.153. The van der Waals surface area contributed by atoms with Gasteiger partial charge in [-0.2, -0.15) is 5.10 Å². The van der Waals surface area contributed by atoms with Gasteiger partial charge in [-0.1, -0.05) is 6.42 Å². The molecule has 1 saturated carbocycles. The van der Waals surface area contributed by atoms with Gasteiger partial charge in [0.05, 0.1) is 5.92 Å². The number of carbonyl (C=O) groups is 1. The highest BCUT2D eigenvalue weighted by atomic mass is 16.1. The number of primary amides is 1. The second-order valence-electron chi connectivity index (χ2n) is 4.01. The number of aromatic amines is 1. The number of hydrogen-bond acceptors (Lipinski definition) is 3. The van der Waals surface area contributed by atoms with Crippen LogP contribution in [0.5, 0.6) is 0 Å². The van der Waals surface area contributed by atoms with Crippen molar-refractivity contribution in [2.45, 2.75) is 31.8 Å². The third-order valence-corrected chi connectivity index (χ3v) is 2.99. The number of nitrogens with one attached hydrogen (secondary N) is 2. The molecule has 5 nitrogen and oxygen atoms in total. The standard InChI is InChI=1S/C10H16N4O/c11-10(15)8-2-1-3-9(8)12-6-7-4-5-13-14-7/h4-5,8-9,12H,1-3,6H2,(H2,11,15)(H,13,14). The van der Waals surface area contributed by atoms with Crippen molar-refractivity contribution in [3.63, 3.8) is 0 Å². The first-order valence-electron chi connectivity index (χ1n) is 5.28. The zero-order valence-electron chi connectivity index (χ0n) is 8.57. The minimum Gasteiger partial charge on any atom is -0.369 e. The second-order valence-corrected chi connectivity index (χ2v) is 4.01. The molecule has 0 saturated heterocycles. The van der Waals surface area contributed by atoms with Crippen LogP contribution in [0.25, 0.3) is 0 Å². The van der Waals surface area contributed by atoms with Crippen LogP contribution in [-0.2, 0) is 11.3 Å². The summed E-state index contributed by atoms with van der Waals surface area (Å²) < 4.78 is 0. The first-order valence-corrected chi connectivity index (χ1v) is 5.28. The van der Waals surface area contributed by atoms with Crippen molar-refractivity contribution in [2.75, 3.05) is 0 Å². The summed E-state index contributed by atoms with van der Waals surface area (Å²) in [6, 6.07) is 2.15. The molecule has 1 aliphatic rings. The van der Waals surface area contributed by atoms with E-state index in [9.17, 15) is 4.79 Å². The summed E-state index contributed by atoms with van der Waals surface area (Å²) in [5.41, 5.74) is 6.37. The molecule has 1 heterocycles. The van der Waals surface area contributed by atoms with E-state index < -0.39 is 0 Å². The van der Waals surface area contributed by atoms with Gasteiger partial charge < -0.3 is 11.1 Å². The summed E-state index contributed by atoms with van der Waals surface area (Å²) in [6.45, 7) is 0.717. The molecular formula is C10H16N4O. The molecule has 5 heteroatoms. The van der Waals surface area contributed by atoms with Gasteiger partial charge in [0, 0.05) is 24.5 Å². The van der Waals surface area contributed by atoms with Crippen LogP contribution in [0.1, 0.15) is 25.0 Å². The molecule has 15 heavy (non-hydrogen) atoms. The maximum atomic E-state index is 11.1. The summed E-state index contributed by atoms with van der Waals surface area (Å²) in [5.74, 6) is -0.192. The summed E-state index contributed by atoms with van der Waals surface area (Å²) in [5, 5.41) is 10.1. The number of amides is 1. The smallest absolute Gasteiger partial charge is 0.222 e. The molecule has 0 aromatic carbocycles. The number of hydrogen-bond donors (Lipinski definition) is 3. The zero-order chi connectivity index (χ0) is 10.7. The van der Waals surface area contributed by atoms with E-state index in [-0.39, 0.29) is 17.9 Å². The Labute approximate surface area is 88.4 Å². The molecule has 0 bridgehead atoms. The molecule has 1 aromatic rings. The predicted molar refractivity (Wildman–Crippen MR) is 55.8 cm³/mol. The highest BCUT2D eigenvalue weighted by molar-refractivity contribution is 5.77. The van der Waals surface area contributed by atoms with E-state index in [0.29, 0.717) is 6.54 Å². The molecule has 0 aliphatic heterocycles. The molecule has 1 aromatic heterocycles. The van der Waals surface area contributed by atoms with Crippen LogP contribution in [0.4, 0.5) is 0 Å². The van der Waals surface area contributed by atoms with Crippen molar-refractivity contribution >= 4 is 5.91 Å². The monoisotopic (exact) mass is 208 g/mol. The maximum absolute atomic E-state index is 11.1. The lowest BCUT2D eigenvalue weighted by Gasteiger charge is -2.17. The van der Waals surface area contributed by atoms with Crippen molar-refractivity contribution in [3.8, 4) is 0 Å². The summed E-state index contributed by atoms with van der Waals surface area (Å²) >= 11 is 0.